The maximum atomic E-state index is 11.1. The Labute approximate surface area is 145 Å². The number of rotatable bonds is 3. The smallest absolute Gasteiger partial charge is 0.375 e. The highest BCUT2D eigenvalue weighted by atomic mass is 35.5. The highest BCUT2D eigenvalue weighted by molar-refractivity contribution is 6.36. The van der Waals surface area contributed by atoms with Crippen molar-refractivity contribution in [3.63, 3.8) is 0 Å². The quantitative estimate of drug-likeness (QED) is 0.704. The predicted octanol–water partition coefficient (Wildman–Crippen LogP) is 4.01. The number of aryl methyl sites for hydroxylation is 1. The summed E-state index contributed by atoms with van der Waals surface area (Å²) in [4.78, 5) is 19.4. The Balaban J connectivity index is 2.35. The van der Waals surface area contributed by atoms with E-state index in [9.17, 15) is 4.79 Å². The topological polar surface area (TPSA) is 80.4 Å². The highest BCUT2D eigenvalue weighted by Crippen LogP contribution is 2.33. The maximum Gasteiger partial charge on any atom is 0.375 e. The minimum Gasteiger partial charge on any atom is -0.475 e. The monoisotopic (exact) mass is 370 g/mol. The van der Waals surface area contributed by atoms with Crippen molar-refractivity contribution in [2.75, 3.05) is 0 Å². The summed E-state index contributed by atoms with van der Waals surface area (Å²) in [6.45, 7) is 1.90. The van der Waals surface area contributed by atoms with Gasteiger partial charge in [0.25, 0.3) is 5.82 Å². The van der Waals surface area contributed by atoms with E-state index in [2.05, 4.69) is 15.1 Å². The summed E-state index contributed by atoms with van der Waals surface area (Å²) >= 11 is 18.3. The van der Waals surface area contributed by atoms with Crippen LogP contribution in [0, 0.1) is 0 Å². The van der Waals surface area contributed by atoms with Crippen LogP contribution in [0.15, 0.2) is 18.2 Å². The van der Waals surface area contributed by atoms with Gasteiger partial charge < -0.3 is 5.11 Å². The second-order valence-electron chi connectivity index (χ2n) is 4.66. The van der Waals surface area contributed by atoms with Crippen molar-refractivity contribution in [1.82, 2.24) is 19.6 Å². The summed E-state index contributed by atoms with van der Waals surface area (Å²) in [6.07, 6.45) is 0.541. The molecule has 0 spiro atoms. The minimum atomic E-state index is -1.24. The summed E-state index contributed by atoms with van der Waals surface area (Å²) in [5.41, 5.74) is 2.19. The van der Waals surface area contributed by atoms with E-state index in [0.717, 1.165) is 0 Å². The molecule has 0 atom stereocenters. The van der Waals surface area contributed by atoms with Crippen LogP contribution in [0.4, 0.5) is 0 Å². The SMILES string of the molecule is CCc1c(-c2ccc(Cl)cc2Cl)nc(Cl)n2nc(C(=O)O)nc12. The van der Waals surface area contributed by atoms with E-state index in [1.54, 1.807) is 18.2 Å². The number of aromatic carboxylic acids is 1. The summed E-state index contributed by atoms with van der Waals surface area (Å²) in [5, 5.41) is 13.8. The van der Waals surface area contributed by atoms with Gasteiger partial charge >= 0.3 is 5.97 Å². The molecule has 6 nitrogen and oxygen atoms in total. The van der Waals surface area contributed by atoms with Gasteiger partial charge in [-0.1, -0.05) is 30.1 Å². The van der Waals surface area contributed by atoms with Crippen LogP contribution in [0.5, 0.6) is 0 Å². The Kier molecular flexibility index (Phi) is 4.14. The first-order valence-electron chi connectivity index (χ1n) is 6.56. The van der Waals surface area contributed by atoms with Gasteiger partial charge in [-0.2, -0.15) is 4.52 Å². The van der Waals surface area contributed by atoms with Crippen LogP contribution >= 0.6 is 34.8 Å². The molecule has 0 saturated carbocycles. The molecular formula is C14H9Cl3N4O2. The van der Waals surface area contributed by atoms with Gasteiger partial charge in [-0.05, 0) is 36.2 Å². The van der Waals surface area contributed by atoms with Crippen LogP contribution < -0.4 is 0 Å². The number of carbonyl (C=O) groups is 1. The number of nitrogens with zero attached hydrogens (tertiary/aromatic N) is 4. The molecule has 9 heteroatoms. The molecule has 0 aliphatic rings. The summed E-state index contributed by atoms with van der Waals surface area (Å²) in [5.74, 6) is -1.58. The summed E-state index contributed by atoms with van der Waals surface area (Å²) < 4.78 is 1.21. The van der Waals surface area contributed by atoms with Gasteiger partial charge in [0.05, 0.1) is 10.7 Å². The van der Waals surface area contributed by atoms with Gasteiger partial charge in [-0.25, -0.2) is 14.8 Å². The lowest BCUT2D eigenvalue weighted by Gasteiger charge is -2.11. The Morgan fingerprint density at radius 1 is 1.26 bits per heavy atom. The Morgan fingerprint density at radius 3 is 2.61 bits per heavy atom. The third-order valence-electron chi connectivity index (χ3n) is 3.27. The molecule has 3 rings (SSSR count). The molecule has 2 heterocycles. The average Bonchev–Trinajstić information content (AvgIpc) is 2.93. The van der Waals surface area contributed by atoms with E-state index in [1.165, 1.54) is 4.52 Å². The lowest BCUT2D eigenvalue weighted by molar-refractivity contribution is 0.0684. The molecule has 0 bridgehead atoms. The van der Waals surface area contributed by atoms with E-state index in [4.69, 9.17) is 39.9 Å². The van der Waals surface area contributed by atoms with E-state index in [0.29, 0.717) is 38.9 Å². The Hall–Kier alpha value is -1.89. The normalized spacial score (nSPS) is 11.1. The van der Waals surface area contributed by atoms with Gasteiger partial charge in [-0.15, -0.1) is 5.10 Å². The number of hydrogen-bond donors (Lipinski definition) is 1. The van der Waals surface area contributed by atoms with E-state index in [-0.39, 0.29) is 11.1 Å². The zero-order chi connectivity index (χ0) is 16.7. The van der Waals surface area contributed by atoms with Gasteiger partial charge in [0.1, 0.15) is 0 Å². The molecule has 0 aliphatic carbocycles. The standard InChI is InChI=1S/C14H9Cl3N4O2/c1-2-7-10(8-4-3-6(15)5-9(8)16)18-14(17)21-12(7)19-11(20-21)13(22)23/h3-5H,2H2,1H3,(H,22,23). The second-order valence-corrected chi connectivity index (χ2v) is 5.84. The molecule has 3 aromatic rings. The van der Waals surface area contributed by atoms with Gasteiger partial charge in [0.15, 0.2) is 5.65 Å². The molecule has 118 valence electrons. The first-order chi connectivity index (χ1) is 10.9. The van der Waals surface area contributed by atoms with Crippen LogP contribution in [-0.4, -0.2) is 30.7 Å². The lowest BCUT2D eigenvalue weighted by atomic mass is 10.0. The van der Waals surface area contributed by atoms with Gasteiger partial charge in [0.2, 0.25) is 5.28 Å². The first kappa shape index (κ1) is 16.0. The summed E-state index contributed by atoms with van der Waals surface area (Å²) in [7, 11) is 0. The second kappa shape index (κ2) is 5.96. The molecule has 1 aromatic carbocycles. The van der Waals surface area contributed by atoms with Crippen LogP contribution in [0.3, 0.4) is 0 Å². The van der Waals surface area contributed by atoms with Crippen molar-refractivity contribution in [2.24, 2.45) is 0 Å². The van der Waals surface area contributed by atoms with E-state index < -0.39 is 5.97 Å². The molecule has 2 aromatic heterocycles. The third kappa shape index (κ3) is 2.73. The minimum absolute atomic E-state index is 0.00165. The predicted molar refractivity (Wildman–Crippen MR) is 87.6 cm³/mol. The number of aromatic nitrogens is 4. The largest absolute Gasteiger partial charge is 0.475 e. The Morgan fingerprint density at radius 2 is 2.00 bits per heavy atom. The molecule has 0 radical (unpaired) electrons. The van der Waals surface area contributed by atoms with Crippen molar-refractivity contribution < 1.29 is 9.90 Å². The fourth-order valence-corrected chi connectivity index (χ4v) is 2.97. The molecule has 23 heavy (non-hydrogen) atoms. The van der Waals surface area contributed by atoms with Crippen LogP contribution in [0.2, 0.25) is 15.3 Å². The zero-order valence-corrected chi connectivity index (χ0v) is 14.0. The lowest BCUT2D eigenvalue weighted by Crippen LogP contribution is -2.02. The van der Waals surface area contributed by atoms with Gasteiger partial charge in [0, 0.05) is 16.1 Å². The van der Waals surface area contributed by atoms with E-state index >= 15 is 0 Å². The number of fused-ring (bicyclic) bond motifs is 1. The van der Waals surface area contributed by atoms with Crippen molar-refractivity contribution in [1.29, 1.82) is 0 Å². The average molecular weight is 372 g/mol. The van der Waals surface area contributed by atoms with Crippen molar-refractivity contribution in [3.05, 3.63) is 44.9 Å². The highest BCUT2D eigenvalue weighted by Gasteiger charge is 2.21. The fraction of sp³-hybridized carbons (Fsp3) is 0.143. The first-order valence-corrected chi connectivity index (χ1v) is 7.69. The third-order valence-corrected chi connectivity index (χ3v) is 4.07. The van der Waals surface area contributed by atoms with E-state index in [1.807, 2.05) is 6.92 Å². The van der Waals surface area contributed by atoms with Crippen molar-refractivity contribution >= 4 is 46.4 Å². The molecule has 0 fully saturated rings. The molecule has 0 aliphatic heterocycles. The van der Waals surface area contributed by atoms with Crippen molar-refractivity contribution in [3.8, 4) is 11.3 Å². The number of hydrogen-bond acceptors (Lipinski definition) is 4. The molecular weight excluding hydrogens is 363 g/mol. The zero-order valence-electron chi connectivity index (χ0n) is 11.7. The number of carboxylic acids is 1. The maximum absolute atomic E-state index is 11.1. The molecule has 0 amide bonds. The molecule has 0 saturated heterocycles. The Bertz CT molecular complexity index is 939. The van der Waals surface area contributed by atoms with Crippen LogP contribution in [-0.2, 0) is 6.42 Å². The molecule has 1 N–H and O–H groups in total. The fourth-order valence-electron chi connectivity index (χ4n) is 2.27. The van der Waals surface area contributed by atoms with Gasteiger partial charge in [-0.3, -0.25) is 0 Å². The number of halogens is 3. The summed E-state index contributed by atoms with van der Waals surface area (Å²) in [6, 6.07) is 5.02. The molecule has 0 unspecified atom stereocenters. The number of benzene rings is 1. The number of carboxylic acid groups (broad SMARTS) is 1. The van der Waals surface area contributed by atoms with Crippen molar-refractivity contribution in [2.45, 2.75) is 13.3 Å². The van der Waals surface area contributed by atoms with Crippen LogP contribution in [0.25, 0.3) is 16.9 Å². The van der Waals surface area contributed by atoms with Crippen LogP contribution in [0.1, 0.15) is 23.1 Å².